The molecule has 5 heteroatoms. The van der Waals surface area contributed by atoms with Crippen LogP contribution in [0.15, 0.2) is 40.9 Å². The van der Waals surface area contributed by atoms with Crippen molar-refractivity contribution < 1.29 is 9.90 Å². The Morgan fingerprint density at radius 1 is 1.33 bits per heavy atom. The van der Waals surface area contributed by atoms with Crippen LogP contribution in [0.3, 0.4) is 0 Å². The molecule has 96 valence electrons. The molecule has 2 amide bonds. The zero-order valence-corrected chi connectivity index (χ0v) is 11.4. The van der Waals surface area contributed by atoms with Crippen molar-refractivity contribution in [2.75, 3.05) is 11.9 Å². The van der Waals surface area contributed by atoms with E-state index in [-0.39, 0.29) is 24.6 Å². The highest BCUT2D eigenvalue weighted by Gasteiger charge is 2.19. The van der Waals surface area contributed by atoms with Gasteiger partial charge in [0, 0.05) is 28.7 Å². The number of carbonyl (C=O) groups is 1. The van der Waals surface area contributed by atoms with Crippen LogP contribution in [0.25, 0.3) is 0 Å². The van der Waals surface area contributed by atoms with Crippen molar-refractivity contribution >= 4 is 27.6 Å². The quantitative estimate of drug-likeness (QED) is 0.751. The average Bonchev–Trinajstić information content (AvgIpc) is 2.79. The standard InChI is InChI=1S/C13H15BrN2O2/c14-10-2-5-11(6-3-10)15-13(18)16-12-4-1-9(7-12)8-17/h1-6,9,12,17H,7-8H2,(H2,15,16,18)/t9-,12+/m0/s1. The zero-order valence-electron chi connectivity index (χ0n) is 9.77. The second kappa shape index (κ2) is 6.02. The predicted molar refractivity (Wildman–Crippen MR) is 74.4 cm³/mol. The summed E-state index contributed by atoms with van der Waals surface area (Å²) in [5, 5.41) is 14.6. The molecule has 0 spiro atoms. The molecule has 1 aliphatic carbocycles. The van der Waals surface area contributed by atoms with Crippen LogP contribution in [0.1, 0.15) is 6.42 Å². The molecule has 1 aromatic rings. The van der Waals surface area contributed by atoms with Crippen LogP contribution in [0.5, 0.6) is 0 Å². The van der Waals surface area contributed by atoms with Crippen LogP contribution in [0, 0.1) is 5.92 Å². The molecule has 0 saturated carbocycles. The van der Waals surface area contributed by atoms with E-state index >= 15 is 0 Å². The number of benzene rings is 1. The largest absolute Gasteiger partial charge is 0.396 e. The number of anilines is 1. The van der Waals surface area contributed by atoms with Crippen molar-refractivity contribution in [3.05, 3.63) is 40.9 Å². The van der Waals surface area contributed by atoms with Gasteiger partial charge in [-0.15, -0.1) is 0 Å². The second-order valence-electron chi connectivity index (χ2n) is 4.28. The molecule has 0 heterocycles. The summed E-state index contributed by atoms with van der Waals surface area (Å²) in [5.41, 5.74) is 0.747. The number of hydrogen-bond acceptors (Lipinski definition) is 2. The maximum Gasteiger partial charge on any atom is 0.319 e. The molecule has 4 nitrogen and oxygen atoms in total. The summed E-state index contributed by atoms with van der Waals surface area (Å²) < 4.78 is 0.970. The van der Waals surface area contributed by atoms with Crippen LogP contribution in [0.4, 0.5) is 10.5 Å². The Kier molecular flexibility index (Phi) is 4.38. The predicted octanol–water partition coefficient (Wildman–Crippen LogP) is 2.51. The highest BCUT2D eigenvalue weighted by Crippen LogP contribution is 2.17. The van der Waals surface area contributed by atoms with Crippen molar-refractivity contribution in [2.24, 2.45) is 5.92 Å². The molecule has 0 bridgehead atoms. The fraction of sp³-hybridized carbons (Fsp3) is 0.308. The van der Waals surface area contributed by atoms with E-state index in [1.165, 1.54) is 0 Å². The summed E-state index contributed by atoms with van der Waals surface area (Å²) in [4.78, 5) is 11.7. The number of hydrogen-bond donors (Lipinski definition) is 3. The van der Waals surface area contributed by atoms with Gasteiger partial charge in [-0.05, 0) is 30.7 Å². The van der Waals surface area contributed by atoms with Crippen LogP contribution in [0.2, 0.25) is 0 Å². The molecule has 0 unspecified atom stereocenters. The summed E-state index contributed by atoms with van der Waals surface area (Å²) in [6.07, 6.45) is 4.61. The molecule has 0 fully saturated rings. The van der Waals surface area contributed by atoms with Crippen LogP contribution in [-0.2, 0) is 0 Å². The Labute approximate surface area is 114 Å². The average molecular weight is 311 g/mol. The fourth-order valence-corrected chi connectivity index (χ4v) is 2.15. The minimum atomic E-state index is -0.231. The Morgan fingerprint density at radius 2 is 2.06 bits per heavy atom. The third kappa shape index (κ3) is 3.58. The first-order valence-corrected chi connectivity index (χ1v) is 6.59. The Morgan fingerprint density at radius 3 is 2.67 bits per heavy atom. The fourth-order valence-electron chi connectivity index (χ4n) is 1.89. The summed E-state index contributed by atoms with van der Waals surface area (Å²) in [7, 11) is 0. The summed E-state index contributed by atoms with van der Waals surface area (Å²) in [5.74, 6) is 0.156. The van der Waals surface area contributed by atoms with Crippen molar-refractivity contribution in [2.45, 2.75) is 12.5 Å². The van der Waals surface area contributed by atoms with Gasteiger partial charge in [-0.25, -0.2) is 4.79 Å². The van der Waals surface area contributed by atoms with E-state index in [0.29, 0.717) is 0 Å². The topological polar surface area (TPSA) is 61.4 Å². The van der Waals surface area contributed by atoms with E-state index in [1.54, 1.807) is 0 Å². The smallest absolute Gasteiger partial charge is 0.319 e. The van der Waals surface area contributed by atoms with Crippen LogP contribution in [-0.4, -0.2) is 23.8 Å². The normalized spacial score (nSPS) is 21.9. The molecule has 2 atom stereocenters. The summed E-state index contributed by atoms with van der Waals surface area (Å²) in [6, 6.07) is 7.15. The van der Waals surface area contributed by atoms with E-state index in [1.807, 2.05) is 36.4 Å². The maximum atomic E-state index is 11.7. The molecule has 0 aromatic heterocycles. The number of urea groups is 1. The van der Waals surface area contributed by atoms with E-state index in [2.05, 4.69) is 26.6 Å². The van der Waals surface area contributed by atoms with Crippen molar-refractivity contribution in [3.63, 3.8) is 0 Å². The van der Waals surface area contributed by atoms with Gasteiger partial charge in [0.05, 0.1) is 0 Å². The number of aliphatic hydroxyl groups excluding tert-OH is 1. The van der Waals surface area contributed by atoms with E-state index in [9.17, 15) is 4.79 Å². The molecular formula is C13H15BrN2O2. The third-order valence-corrected chi connectivity index (χ3v) is 3.35. The van der Waals surface area contributed by atoms with Crippen LogP contribution < -0.4 is 10.6 Å². The molecule has 1 aliphatic rings. The Balaban J connectivity index is 1.82. The lowest BCUT2D eigenvalue weighted by atomic mass is 10.1. The number of carbonyl (C=O) groups excluding carboxylic acids is 1. The molecule has 1 aromatic carbocycles. The maximum absolute atomic E-state index is 11.7. The molecule has 18 heavy (non-hydrogen) atoms. The molecule has 0 saturated heterocycles. The third-order valence-electron chi connectivity index (χ3n) is 2.83. The molecule has 3 N–H and O–H groups in total. The second-order valence-corrected chi connectivity index (χ2v) is 5.19. The van der Waals surface area contributed by atoms with Gasteiger partial charge in [-0.3, -0.25) is 0 Å². The van der Waals surface area contributed by atoms with Gasteiger partial charge in [0.15, 0.2) is 0 Å². The lowest BCUT2D eigenvalue weighted by molar-refractivity contribution is 0.238. The SMILES string of the molecule is O=C(Nc1ccc(Br)cc1)N[C@@H]1C=C[C@H](CO)C1. The molecule has 0 aliphatic heterocycles. The van der Waals surface area contributed by atoms with Crippen molar-refractivity contribution in [1.82, 2.24) is 5.32 Å². The molecular weight excluding hydrogens is 296 g/mol. The van der Waals surface area contributed by atoms with Gasteiger partial charge in [0.1, 0.15) is 0 Å². The van der Waals surface area contributed by atoms with E-state index in [4.69, 9.17) is 5.11 Å². The molecule has 2 rings (SSSR count). The lowest BCUT2D eigenvalue weighted by Crippen LogP contribution is -2.36. The zero-order chi connectivity index (χ0) is 13.0. The number of rotatable bonds is 3. The number of aliphatic hydroxyl groups is 1. The summed E-state index contributed by atoms with van der Waals surface area (Å²) >= 11 is 3.34. The lowest BCUT2D eigenvalue weighted by Gasteiger charge is -2.13. The Hall–Kier alpha value is -1.33. The number of nitrogens with one attached hydrogen (secondary N) is 2. The Bertz CT molecular complexity index is 445. The van der Waals surface area contributed by atoms with E-state index < -0.39 is 0 Å². The number of amides is 2. The number of halogens is 1. The minimum Gasteiger partial charge on any atom is -0.396 e. The van der Waals surface area contributed by atoms with Gasteiger partial charge in [-0.2, -0.15) is 0 Å². The van der Waals surface area contributed by atoms with Gasteiger partial charge in [0.25, 0.3) is 0 Å². The first kappa shape index (κ1) is 13.1. The van der Waals surface area contributed by atoms with Gasteiger partial charge >= 0.3 is 6.03 Å². The van der Waals surface area contributed by atoms with Crippen molar-refractivity contribution in [1.29, 1.82) is 0 Å². The van der Waals surface area contributed by atoms with Crippen LogP contribution >= 0.6 is 15.9 Å². The minimum absolute atomic E-state index is 0.00222. The highest BCUT2D eigenvalue weighted by atomic mass is 79.9. The van der Waals surface area contributed by atoms with Gasteiger partial charge < -0.3 is 15.7 Å². The first-order valence-electron chi connectivity index (χ1n) is 5.79. The van der Waals surface area contributed by atoms with E-state index in [0.717, 1.165) is 16.6 Å². The van der Waals surface area contributed by atoms with Crippen molar-refractivity contribution in [3.8, 4) is 0 Å². The highest BCUT2D eigenvalue weighted by molar-refractivity contribution is 9.10. The van der Waals surface area contributed by atoms with Gasteiger partial charge in [0.2, 0.25) is 0 Å². The van der Waals surface area contributed by atoms with Gasteiger partial charge in [-0.1, -0.05) is 28.1 Å². The molecule has 0 radical (unpaired) electrons. The summed E-state index contributed by atoms with van der Waals surface area (Å²) in [6.45, 7) is 0.128. The monoisotopic (exact) mass is 310 g/mol. The first-order chi connectivity index (χ1) is 8.67.